The van der Waals surface area contributed by atoms with E-state index in [9.17, 15) is 17.2 Å². The third-order valence-electron chi connectivity index (χ3n) is 2.09. The Morgan fingerprint density at radius 2 is 1.82 bits per heavy atom. The summed E-state index contributed by atoms with van der Waals surface area (Å²) in [5.74, 6) is -2.71. The van der Waals surface area contributed by atoms with E-state index in [0.717, 1.165) is 12.1 Å². The lowest BCUT2D eigenvalue weighted by Gasteiger charge is -2.07. The summed E-state index contributed by atoms with van der Waals surface area (Å²) in [6.07, 6.45) is 0.169. The van der Waals surface area contributed by atoms with Crippen LogP contribution < -0.4 is 5.73 Å². The molecule has 0 fully saturated rings. The van der Waals surface area contributed by atoms with Gasteiger partial charge in [0.05, 0.1) is 5.75 Å². The first-order valence-electron chi connectivity index (χ1n) is 4.84. The van der Waals surface area contributed by atoms with Gasteiger partial charge in [-0.25, -0.2) is 17.2 Å². The Kier molecular flexibility index (Phi) is 4.41. The zero-order valence-corrected chi connectivity index (χ0v) is 10.1. The number of hydrogen-bond donors (Lipinski definition) is 1. The highest BCUT2D eigenvalue weighted by atomic mass is 32.2. The predicted octanol–water partition coefficient (Wildman–Crippen LogP) is 1.36. The van der Waals surface area contributed by atoms with Gasteiger partial charge in [-0.15, -0.1) is 0 Å². The first-order valence-corrected chi connectivity index (χ1v) is 6.50. The lowest BCUT2D eigenvalue weighted by atomic mass is 10.3. The highest BCUT2D eigenvalue weighted by Gasteiger charge is 2.24. The number of nitrogen functional groups attached to an aromatic ring is 1. The highest BCUT2D eigenvalue weighted by Crippen LogP contribution is 2.23. The largest absolute Gasteiger partial charge is 0.399 e. The Labute approximate surface area is 98.3 Å². The summed E-state index contributed by atoms with van der Waals surface area (Å²) in [4.78, 5) is -0.928. The molecule has 0 aliphatic rings. The molecule has 0 radical (unpaired) electrons. The monoisotopic (exact) mass is 265 g/mol. The van der Waals surface area contributed by atoms with Crippen LogP contribution in [-0.4, -0.2) is 27.9 Å². The molecule has 0 heterocycles. The third-order valence-corrected chi connectivity index (χ3v) is 3.93. The summed E-state index contributed by atoms with van der Waals surface area (Å²) < 4.78 is 54.8. The number of sulfone groups is 1. The molecule has 0 saturated heterocycles. The van der Waals surface area contributed by atoms with Crippen molar-refractivity contribution in [3.63, 3.8) is 0 Å². The average Bonchev–Trinajstić information content (AvgIpc) is 2.15. The number of halogens is 2. The van der Waals surface area contributed by atoms with Gasteiger partial charge < -0.3 is 10.5 Å². The molecule has 0 bridgehead atoms. The normalized spacial score (nSPS) is 11.7. The molecule has 1 rings (SSSR count). The van der Waals surface area contributed by atoms with E-state index < -0.39 is 26.4 Å². The molecule has 17 heavy (non-hydrogen) atoms. The average molecular weight is 265 g/mol. The minimum Gasteiger partial charge on any atom is -0.399 e. The standard InChI is InChI=1S/C10H13F2NO3S/c1-16-3-2-4-17(14,15)10-8(11)5-7(13)6-9(10)12/h5-6H,2-4,13H2,1H3. The molecule has 0 aliphatic heterocycles. The fraction of sp³-hybridized carbons (Fsp3) is 0.400. The lowest BCUT2D eigenvalue weighted by molar-refractivity contribution is 0.199. The molecule has 96 valence electrons. The van der Waals surface area contributed by atoms with Crippen LogP contribution in [0.5, 0.6) is 0 Å². The van der Waals surface area contributed by atoms with E-state index in [-0.39, 0.29) is 24.5 Å². The van der Waals surface area contributed by atoms with Crippen LogP contribution in [0.15, 0.2) is 17.0 Å². The maximum Gasteiger partial charge on any atom is 0.184 e. The summed E-state index contributed by atoms with van der Waals surface area (Å²) in [5, 5.41) is 0. The lowest BCUT2D eigenvalue weighted by Crippen LogP contribution is -2.13. The van der Waals surface area contributed by atoms with Crippen molar-refractivity contribution in [2.75, 3.05) is 25.2 Å². The number of anilines is 1. The summed E-state index contributed by atoms with van der Waals surface area (Å²) in [6.45, 7) is 0.206. The van der Waals surface area contributed by atoms with Crippen molar-refractivity contribution in [2.24, 2.45) is 0 Å². The smallest absolute Gasteiger partial charge is 0.184 e. The van der Waals surface area contributed by atoms with Crippen LogP contribution in [0.25, 0.3) is 0 Å². The summed E-state index contributed by atoms with van der Waals surface area (Å²) >= 11 is 0. The third kappa shape index (κ3) is 3.37. The van der Waals surface area contributed by atoms with Gasteiger partial charge in [-0.1, -0.05) is 0 Å². The van der Waals surface area contributed by atoms with Crippen molar-refractivity contribution in [3.05, 3.63) is 23.8 Å². The number of ether oxygens (including phenoxy) is 1. The highest BCUT2D eigenvalue weighted by molar-refractivity contribution is 7.91. The van der Waals surface area contributed by atoms with Crippen molar-refractivity contribution in [1.29, 1.82) is 0 Å². The number of hydrogen-bond acceptors (Lipinski definition) is 4. The molecule has 0 saturated carbocycles. The molecule has 0 unspecified atom stereocenters. The second-order valence-electron chi connectivity index (χ2n) is 3.48. The van der Waals surface area contributed by atoms with Gasteiger partial charge in [0.2, 0.25) is 0 Å². The molecule has 1 aromatic carbocycles. The van der Waals surface area contributed by atoms with E-state index in [1.54, 1.807) is 0 Å². The number of methoxy groups -OCH3 is 1. The second-order valence-corrected chi connectivity index (χ2v) is 5.52. The second kappa shape index (κ2) is 5.42. The van der Waals surface area contributed by atoms with Crippen LogP contribution in [0.4, 0.5) is 14.5 Å². The van der Waals surface area contributed by atoms with Gasteiger partial charge >= 0.3 is 0 Å². The molecular formula is C10H13F2NO3S. The quantitative estimate of drug-likeness (QED) is 0.644. The maximum atomic E-state index is 13.4. The minimum absolute atomic E-state index is 0.157. The molecular weight excluding hydrogens is 252 g/mol. The molecule has 0 atom stereocenters. The number of benzene rings is 1. The summed E-state index contributed by atoms with van der Waals surface area (Å²) in [7, 11) is -2.58. The molecule has 0 spiro atoms. The van der Waals surface area contributed by atoms with Gasteiger partial charge in [0.15, 0.2) is 9.84 Å². The fourth-order valence-corrected chi connectivity index (χ4v) is 2.79. The van der Waals surface area contributed by atoms with Crippen molar-refractivity contribution < 1.29 is 21.9 Å². The first-order chi connectivity index (χ1) is 7.88. The summed E-state index contributed by atoms with van der Waals surface area (Å²) in [6, 6.07) is 1.57. The minimum atomic E-state index is -4.00. The van der Waals surface area contributed by atoms with Crippen LogP contribution in [0.3, 0.4) is 0 Å². The van der Waals surface area contributed by atoms with Gasteiger partial charge in [0.25, 0.3) is 0 Å². The Hall–Kier alpha value is -1.21. The molecule has 0 aromatic heterocycles. The molecule has 7 heteroatoms. The predicted molar refractivity (Wildman–Crippen MR) is 59.3 cm³/mol. The van der Waals surface area contributed by atoms with Crippen molar-refractivity contribution in [3.8, 4) is 0 Å². The van der Waals surface area contributed by atoms with Gasteiger partial charge in [0, 0.05) is 19.4 Å². The molecule has 1 aromatic rings. The summed E-state index contributed by atoms with van der Waals surface area (Å²) in [5.41, 5.74) is 5.04. The molecule has 2 N–H and O–H groups in total. The van der Waals surface area contributed by atoms with E-state index in [1.165, 1.54) is 7.11 Å². The molecule has 0 aliphatic carbocycles. The van der Waals surface area contributed by atoms with Gasteiger partial charge in [-0.2, -0.15) is 0 Å². The van der Waals surface area contributed by atoms with Crippen LogP contribution >= 0.6 is 0 Å². The maximum absolute atomic E-state index is 13.4. The SMILES string of the molecule is COCCCS(=O)(=O)c1c(F)cc(N)cc1F. The van der Waals surface area contributed by atoms with Gasteiger partial charge in [0.1, 0.15) is 16.5 Å². The number of rotatable bonds is 5. The Balaban J connectivity index is 3.07. The van der Waals surface area contributed by atoms with Gasteiger partial charge in [-0.05, 0) is 18.6 Å². The fourth-order valence-electron chi connectivity index (χ4n) is 1.37. The van der Waals surface area contributed by atoms with Crippen molar-refractivity contribution >= 4 is 15.5 Å². The van der Waals surface area contributed by atoms with Crippen LogP contribution in [0.1, 0.15) is 6.42 Å². The Bertz CT molecular complexity index is 479. The van der Waals surface area contributed by atoms with E-state index in [0.29, 0.717) is 0 Å². The van der Waals surface area contributed by atoms with Crippen LogP contribution in [-0.2, 0) is 14.6 Å². The van der Waals surface area contributed by atoms with Gasteiger partial charge in [-0.3, -0.25) is 0 Å². The van der Waals surface area contributed by atoms with Crippen molar-refractivity contribution in [2.45, 2.75) is 11.3 Å². The topological polar surface area (TPSA) is 69.4 Å². The van der Waals surface area contributed by atoms with Crippen molar-refractivity contribution in [1.82, 2.24) is 0 Å². The van der Waals surface area contributed by atoms with Crippen LogP contribution in [0, 0.1) is 11.6 Å². The van der Waals surface area contributed by atoms with E-state index in [2.05, 4.69) is 4.74 Å². The molecule has 0 amide bonds. The molecule has 4 nitrogen and oxygen atoms in total. The first kappa shape index (κ1) is 13.9. The van der Waals surface area contributed by atoms with E-state index >= 15 is 0 Å². The Morgan fingerprint density at radius 1 is 1.29 bits per heavy atom. The van der Waals surface area contributed by atoms with E-state index in [1.807, 2.05) is 0 Å². The van der Waals surface area contributed by atoms with E-state index in [4.69, 9.17) is 5.73 Å². The zero-order chi connectivity index (χ0) is 13.1. The Morgan fingerprint density at radius 3 is 2.29 bits per heavy atom. The zero-order valence-electron chi connectivity index (χ0n) is 9.24. The number of nitrogens with two attached hydrogens (primary N) is 1. The van der Waals surface area contributed by atoms with Crippen LogP contribution in [0.2, 0.25) is 0 Å².